The van der Waals surface area contributed by atoms with E-state index < -0.39 is 0 Å². The molecule has 1 unspecified atom stereocenters. The van der Waals surface area contributed by atoms with Crippen LogP contribution in [-0.4, -0.2) is 0 Å². The summed E-state index contributed by atoms with van der Waals surface area (Å²) in [5.74, 6) is 5.76. The lowest BCUT2D eigenvalue weighted by atomic mass is 10.0. The Morgan fingerprint density at radius 2 is 2.05 bits per heavy atom. The number of nitrogens with two attached hydrogens (primary N) is 1. The normalized spacial score (nSPS) is 15.5. The molecule has 2 aromatic rings. The number of nitrogens with one attached hydrogen (secondary N) is 1. The number of rotatable bonds is 4. The SMILES string of the molecule is NNC(Cc1ccc(I)cc1)c1cc2c(s1)CCC2. The summed E-state index contributed by atoms with van der Waals surface area (Å²) in [7, 11) is 0. The first-order chi connectivity index (χ1) is 9.26. The van der Waals surface area contributed by atoms with Crippen molar-refractivity contribution in [2.24, 2.45) is 5.84 Å². The summed E-state index contributed by atoms with van der Waals surface area (Å²) in [6.07, 6.45) is 4.76. The van der Waals surface area contributed by atoms with Gasteiger partial charge in [0.1, 0.15) is 0 Å². The van der Waals surface area contributed by atoms with Gasteiger partial charge in [-0.2, -0.15) is 0 Å². The molecule has 0 spiro atoms. The maximum atomic E-state index is 5.76. The summed E-state index contributed by atoms with van der Waals surface area (Å²) in [5.41, 5.74) is 5.85. The van der Waals surface area contributed by atoms with Crippen molar-refractivity contribution in [1.82, 2.24) is 5.43 Å². The standard InChI is InChI=1S/C15H17IN2S/c16-12-6-4-10(5-7-12)8-13(18-17)15-9-11-2-1-3-14(11)19-15/h4-7,9,13,18H,1-3,8,17H2. The highest BCUT2D eigenvalue weighted by molar-refractivity contribution is 14.1. The van der Waals surface area contributed by atoms with Crippen LogP contribution in [0.2, 0.25) is 0 Å². The van der Waals surface area contributed by atoms with Crippen molar-refractivity contribution in [3.05, 3.63) is 54.8 Å². The van der Waals surface area contributed by atoms with E-state index >= 15 is 0 Å². The molecule has 0 fully saturated rings. The fraction of sp³-hybridized carbons (Fsp3) is 0.333. The molecule has 0 bridgehead atoms. The van der Waals surface area contributed by atoms with Crippen LogP contribution in [0.25, 0.3) is 0 Å². The van der Waals surface area contributed by atoms with E-state index in [1.54, 1.807) is 10.4 Å². The molecule has 0 amide bonds. The maximum Gasteiger partial charge on any atom is 0.0593 e. The Hall–Kier alpha value is -0.430. The van der Waals surface area contributed by atoms with Crippen molar-refractivity contribution >= 4 is 33.9 Å². The van der Waals surface area contributed by atoms with Crippen LogP contribution in [-0.2, 0) is 19.3 Å². The molecule has 4 heteroatoms. The molecule has 1 aliphatic rings. The van der Waals surface area contributed by atoms with E-state index in [4.69, 9.17) is 5.84 Å². The lowest BCUT2D eigenvalue weighted by Gasteiger charge is -2.14. The maximum absolute atomic E-state index is 5.76. The molecule has 0 saturated heterocycles. The van der Waals surface area contributed by atoms with Crippen LogP contribution >= 0.6 is 33.9 Å². The van der Waals surface area contributed by atoms with Gasteiger partial charge in [-0.15, -0.1) is 11.3 Å². The van der Waals surface area contributed by atoms with Gasteiger partial charge in [-0.3, -0.25) is 11.3 Å². The predicted octanol–water partition coefficient (Wildman–Crippen LogP) is 3.59. The number of aryl methyl sites for hydroxylation is 2. The average Bonchev–Trinajstić information content (AvgIpc) is 2.99. The summed E-state index contributed by atoms with van der Waals surface area (Å²) < 4.78 is 1.27. The predicted molar refractivity (Wildman–Crippen MR) is 89.3 cm³/mol. The van der Waals surface area contributed by atoms with E-state index in [9.17, 15) is 0 Å². The second-order valence-corrected chi connectivity index (χ2v) is 7.41. The highest BCUT2D eigenvalue weighted by atomic mass is 127. The zero-order valence-electron chi connectivity index (χ0n) is 10.7. The van der Waals surface area contributed by atoms with E-state index in [-0.39, 0.29) is 6.04 Å². The van der Waals surface area contributed by atoms with Crippen molar-refractivity contribution in [2.75, 3.05) is 0 Å². The fourth-order valence-electron chi connectivity index (χ4n) is 2.62. The van der Waals surface area contributed by atoms with Gasteiger partial charge in [-0.25, -0.2) is 0 Å². The number of fused-ring (bicyclic) bond motifs is 1. The number of benzene rings is 1. The molecule has 1 heterocycles. The molecular weight excluding hydrogens is 367 g/mol. The van der Waals surface area contributed by atoms with Gasteiger partial charge in [0.25, 0.3) is 0 Å². The molecule has 1 atom stereocenters. The number of halogens is 1. The Morgan fingerprint density at radius 1 is 1.26 bits per heavy atom. The molecule has 3 rings (SSSR count). The number of hydrogen-bond donors (Lipinski definition) is 2. The highest BCUT2D eigenvalue weighted by Crippen LogP contribution is 2.34. The van der Waals surface area contributed by atoms with Crippen molar-refractivity contribution < 1.29 is 0 Å². The van der Waals surface area contributed by atoms with Crippen LogP contribution in [0, 0.1) is 3.57 Å². The molecule has 2 nitrogen and oxygen atoms in total. The van der Waals surface area contributed by atoms with Gasteiger partial charge in [0.2, 0.25) is 0 Å². The van der Waals surface area contributed by atoms with Crippen molar-refractivity contribution in [1.29, 1.82) is 0 Å². The average molecular weight is 384 g/mol. The van der Waals surface area contributed by atoms with Crippen molar-refractivity contribution in [3.8, 4) is 0 Å². The Labute approximate surface area is 131 Å². The van der Waals surface area contributed by atoms with Gasteiger partial charge >= 0.3 is 0 Å². The Morgan fingerprint density at radius 3 is 2.74 bits per heavy atom. The lowest BCUT2D eigenvalue weighted by molar-refractivity contribution is 0.560. The van der Waals surface area contributed by atoms with Gasteiger partial charge < -0.3 is 0 Å². The molecular formula is C15H17IN2S. The van der Waals surface area contributed by atoms with Crippen LogP contribution in [0.15, 0.2) is 30.3 Å². The second-order valence-electron chi connectivity index (χ2n) is 5.00. The zero-order valence-corrected chi connectivity index (χ0v) is 13.6. The number of hydrogen-bond acceptors (Lipinski definition) is 3. The minimum atomic E-state index is 0.232. The summed E-state index contributed by atoms with van der Waals surface area (Å²) in [6.45, 7) is 0. The molecule has 3 N–H and O–H groups in total. The summed E-state index contributed by atoms with van der Waals surface area (Å²) >= 11 is 4.27. The Balaban J connectivity index is 1.78. The first-order valence-corrected chi connectivity index (χ1v) is 8.48. The smallest absolute Gasteiger partial charge is 0.0593 e. The fourth-order valence-corrected chi connectivity index (χ4v) is 4.30. The molecule has 100 valence electrons. The van der Waals surface area contributed by atoms with Crippen LogP contribution in [0.4, 0.5) is 0 Å². The minimum absolute atomic E-state index is 0.232. The first kappa shape index (κ1) is 13.5. The molecule has 0 aliphatic heterocycles. The zero-order chi connectivity index (χ0) is 13.2. The van der Waals surface area contributed by atoms with Gasteiger partial charge in [0.05, 0.1) is 6.04 Å². The number of hydrazine groups is 1. The first-order valence-electron chi connectivity index (χ1n) is 6.58. The third-order valence-electron chi connectivity index (χ3n) is 3.66. The monoisotopic (exact) mass is 384 g/mol. The van der Waals surface area contributed by atoms with Crippen LogP contribution in [0.3, 0.4) is 0 Å². The quantitative estimate of drug-likeness (QED) is 0.480. The van der Waals surface area contributed by atoms with E-state index in [1.165, 1.54) is 33.3 Å². The van der Waals surface area contributed by atoms with E-state index in [0.717, 1.165) is 6.42 Å². The highest BCUT2D eigenvalue weighted by Gasteiger charge is 2.19. The van der Waals surface area contributed by atoms with Crippen LogP contribution in [0.5, 0.6) is 0 Å². The lowest BCUT2D eigenvalue weighted by Crippen LogP contribution is -2.29. The minimum Gasteiger partial charge on any atom is -0.271 e. The third kappa shape index (κ3) is 3.02. The van der Waals surface area contributed by atoms with Gasteiger partial charge in [-0.1, -0.05) is 12.1 Å². The van der Waals surface area contributed by atoms with E-state index in [1.807, 2.05) is 11.3 Å². The van der Waals surface area contributed by atoms with Gasteiger partial charge in [0.15, 0.2) is 0 Å². The summed E-state index contributed by atoms with van der Waals surface area (Å²) in [6, 6.07) is 11.3. The third-order valence-corrected chi connectivity index (χ3v) is 5.73. The van der Waals surface area contributed by atoms with E-state index in [0.29, 0.717) is 0 Å². The largest absolute Gasteiger partial charge is 0.271 e. The molecule has 0 saturated carbocycles. The van der Waals surface area contributed by atoms with Gasteiger partial charge in [0, 0.05) is 13.3 Å². The van der Waals surface area contributed by atoms with Crippen LogP contribution < -0.4 is 11.3 Å². The van der Waals surface area contributed by atoms with Crippen molar-refractivity contribution in [2.45, 2.75) is 31.7 Å². The molecule has 0 radical (unpaired) electrons. The summed E-state index contributed by atoms with van der Waals surface area (Å²) in [5, 5.41) is 0. The Bertz CT molecular complexity index is 541. The summed E-state index contributed by atoms with van der Waals surface area (Å²) in [4.78, 5) is 2.95. The Kier molecular flexibility index (Phi) is 4.21. The van der Waals surface area contributed by atoms with Crippen molar-refractivity contribution in [3.63, 3.8) is 0 Å². The topological polar surface area (TPSA) is 38.0 Å². The molecule has 1 aromatic carbocycles. The van der Waals surface area contributed by atoms with E-state index in [2.05, 4.69) is 58.3 Å². The molecule has 19 heavy (non-hydrogen) atoms. The number of thiophene rings is 1. The van der Waals surface area contributed by atoms with Gasteiger partial charge in [-0.05, 0) is 77.6 Å². The second kappa shape index (κ2) is 5.91. The molecule has 1 aromatic heterocycles. The van der Waals surface area contributed by atoms with Crippen LogP contribution in [0.1, 0.15) is 33.3 Å². The molecule has 1 aliphatic carbocycles.